The first-order valence-corrected chi connectivity index (χ1v) is 7.39. The number of hydrogen-bond donors (Lipinski definition) is 2. The Morgan fingerprint density at radius 1 is 1.43 bits per heavy atom. The molecule has 0 radical (unpaired) electrons. The summed E-state index contributed by atoms with van der Waals surface area (Å²) >= 11 is 0. The van der Waals surface area contributed by atoms with Crippen LogP contribution >= 0.6 is 0 Å². The number of rotatable bonds is 9. The lowest BCUT2D eigenvalue weighted by Gasteiger charge is -2.25. The Bertz CT molecular complexity index is 495. The third kappa shape index (κ3) is 4.71. The molecule has 0 heterocycles. The monoisotopic (exact) mass is 289 g/mol. The van der Waals surface area contributed by atoms with Gasteiger partial charge in [-0.05, 0) is 30.5 Å². The molecule has 0 atom stereocenters. The van der Waals surface area contributed by atoms with Gasteiger partial charge in [0.05, 0.1) is 24.5 Å². The highest BCUT2D eigenvalue weighted by atomic mass is 16.5. The molecule has 1 aromatic carbocycles. The molecule has 0 bridgehead atoms. The molecular weight excluding hydrogens is 266 g/mol. The third-order valence-electron chi connectivity index (χ3n) is 3.63. The van der Waals surface area contributed by atoms with Crippen LogP contribution in [0.5, 0.6) is 0 Å². The molecule has 1 aliphatic carbocycles. The average Bonchev–Trinajstić information content (AvgIpc) is 3.33. The van der Waals surface area contributed by atoms with Crippen molar-refractivity contribution in [2.75, 3.05) is 38.3 Å². The first kappa shape index (κ1) is 15.8. The van der Waals surface area contributed by atoms with Gasteiger partial charge in [-0.2, -0.15) is 5.26 Å². The quantitative estimate of drug-likeness (QED) is 0.716. The van der Waals surface area contributed by atoms with Crippen molar-refractivity contribution in [3.8, 4) is 6.07 Å². The van der Waals surface area contributed by atoms with Crippen LogP contribution < -0.4 is 10.2 Å². The zero-order chi connectivity index (χ0) is 15.1. The molecule has 0 unspecified atom stereocenters. The number of nitrogens with zero attached hydrogens (tertiary/aromatic N) is 2. The predicted octanol–water partition coefficient (Wildman–Crippen LogP) is 1.26. The number of ether oxygens (including phenoxy) is 1. The number of nitriles is 1. The van der Waals surface area contributed by atoms with E-state index in [9.17, 15) is 10.4 Å². The van der Waals surface area contributed by atoms with Crippen LogP contribution in [0, 0.1) is 11.3 Å². The Balaban J connectivity index is 2.10. The Hall–Kier alpha value is -1.61. The Morgan fingerprint density at radius 3 is 2.86 bits per heavy atom. The molecule has 2 rings (SSSR count). The summed E-state index contributed by atoms with van der Waals surface area (Å²) in [5.74, 6) is 0. The highest BCUT2D eigenvalue weighted by molar-refractivity contribution is 5.60. The van der Waals surface area contributed by atoms with Gasteiger partial charge in [-0.1, -0.05) is 6.07 Å². The van der Waals surface area contributed by atoms with Gasteiger partial charge in [0, 0.05) is 32.8 Å². The SMILES string of the molecule is COCCN(CCO)c1ccc(CNC2CC2)cc1C#N. The van der Waals surface area contributed by atoms with Gasteiger partial charge in [0.1, 0.15) is 6.07 Å². The van der Waals surface area contributed by atoms with Crippen LogP contribution in [-0.2, 0) is 11.3 Å². The summed E-state index contributed by atoms with van der Waals surface area (Å²) in [5.41, 5.74) is 2.63. The number of benzene rings is 1. The molecule has 0 aromatic heterocycles. The van der Waals surface area contributed by atoms with Crippen molar-refractivity contribution in [1.29, 1.82) is 5.26 Å². The van der Waals surface area contributed by atoms with Crippen LogP contribution in [0.15, 0.2) is 18.2 Å². The standard InChI is InChI=1S/C16H23N3O2/c1-21-9-7-19(6-8-20)16-5-2-13(10-14(16)11-17)12-18-15-3-4-15/h2,5,10,15,18,20H,3-4,6-9,12H2,1H3. The normalized spacial score (nSPS) is 14.0. The number of anilines is 1. The maximum Gasteiger partial charge on any atom is 0.101 e. The van der Waals surface area contributed by atoms with Crippen LogP contribution in [0.1, 0.15) is 24.0 Å². The topological polar surface area (TPSA) is 68.5 Å². The van der Waals surface area contributed by atoms with E-state index in [-0.39, 0.29) is 6.61 Å². The molecule has 0 amide bonds. The van der Waals surface area contributed by atoms with E-state index < -0.39 is 0 Å². The first-order valence-electron chi connectivity index (χ1n) is 7.39. The van der Waals surface area contributed by atoms with Crippen LogP contribution in [0.4, 0.5) is 5.69 Å². The minimum Gasteiger partial charge on any atom is -0.395 e. The molecule has 21 heavy (non-hydrogen) atoms. The van der Waals surface area contributed by atoms with Gasteiger partial charge in [-0.25, -0.2) is 0 Å². The zero-order valence-corrected chi connectivity index (χ0v) is 12.5. The van der Waals surface area contributed by atoms with Crippen molar-refractivity contribution < 1.29 is 9.84 Å². The van der Waals surface area contributed by atoms with Gasteiger partial charge >= 0.3 is 0 Å². The fraction of sp³-hybridized carbons (Fsp3) is 0.562. The van der Waals surface area contributed by atoms with Crippen molar-refractivity contribution in [1.82, 2.24) is 5.32 Å². The van der Waals surface area contributed by atoms with E-state index in [1.54, 1.807) is 7.11 Å². The summed E-state index contributed by atoms with van der Waals surface area (Å²) in [6.45, 7) is 2.58. The largest absolute Gasteiger partial charge is 0.395 e. The van der Waals surface area contributed by atoms with Crippen molar-refractivity contribution in [2.45, 2.75) is 25.4 Å². The maximum atomic E-state index is 9.38. The molecule has 1 fully saturated rings. The summed E-state index contributed by atoms with van der Waals surface area (Å²) < 4.78 is 5.09. The second-order valence-electron chi connectivity index (χ2n) is 5.32. The van der Waals surface area contributed by atoms with Crippen LogP contribution in [0.2, 0.25) is 0 Å². The summed E-state index contributed by atoms with van der Waals surface area (Å²) in [6, 6.07) is 8.86. The van der Waals surface area contributed by atoms with Crippen molar-refractivity contribution in [3.63, 3.8) is 0 Å². The van der Waals surface area contributed by atoms with E-state index in [1.807, 2.05) is 23.1 Å². The molecule has 1 aromatic rings. The summed E-state index contributed by atoms with van der Waals surface area (Å²) in [4.78, 5) is 1.99. The molecule has 114 valence electrons. The van der Waals surface area contributed by atoms with E-state index in [2.05, 4.69) is 11.4 Å². The maximum absolute atomic E-state index is 9.38. The average molecular weight is 289 g/mol. The summed E-state index contributed by atoms with van der Waals surface area (Å²) in [6.07, 6.45) is 2.51. The lowest BCUT2D eigenvalue weighted by molar-refractivity contribution is 0.203. The van der Waals surface area contributed by atoms with E-state index in [4.69, 9.17) is 4.74 Å². The predicted molar refractivity (Wildman–Crippen MR) is 82.2 cm³/mol. The minimum atomic E-state index is 0.0551. The smallest absolute Gasteiger partial charge is 0.101 e. The molecule has 0 spiro atoms. The fourth-order valence-electron chi connectivity index (χ4n) is 2.28. The molecule has 1 saturated carbocycles. The zero-order valence-electron chi connectivity index (χ0n) is 12.5. The second kappa shape index (κ2) is 7.99. The molecule has 2 N–H and O–H groups in total. The van der Waals surface area contributed by atoms with Crippen LogP contribution in [-0.4, -0.2) is 44.6 Å². The van der Waals surface area contributed by atoms with E-state index in [1.165, 1.54) is 12.8 Å². The summed E-state index contributed by atoms with van der Waals surface area (Å²) in [7, 11) is 1.65. The molecular formula is C16H23N3O2. The molecule has 0 saturated heterocycles. The van der Waals surface area contributed by atoms with E-state index in [0.29, 0.717) is 31.3 Å². The van der Waals surface area contributed by atoms with Gasteiger partial charge in [0.15, 0.2) is 0 Å². The van der Waals surface area contributed by atoms with Crippen LogP contribution in [0.3, 0.4) is 0 Å². The minimum absolute atomic E-state index is 0.0551. The van der Waals surface area contributed by atoms with E-state index in [0.717, 1.165) is 17.8 Å². The highest BCUT2D eigenvalue weighted by Crippen LogP contribution is 2.23. The molecule has 5 heteroatoms. The van der Waals surface area contributed by atoms with Crippen LogP contribution in [0.25, 0.3) is 0 Å². The lowest BCUT2D eigenvalue weighted by Crippen LogP contribution is -2.30. The molecule has 0 aliphatic heterocycles. The van der Waals surface area contributed by atoms with Crippen molar-refractivity contribution in [3.05, 3.63) is 29.3 Å². The lowest BCUT2D eigenvalue weighted by atomic mass is 10.1. The third-order valence-corrected chi connectivity index (χ3v) is 3.63. The van der Waals surface area contributed by atoms with Crippen molar-refractivity contribution in [2.24, 2.45) is 0 Å². The van der Waals surface area contributed by atoms with Gasteiger partial charge in [-0.15, -0.1) is 0 Å². The fourth-order valence-corrected chi connectivity index (χ4v) is 2.28. The van der Waals surface area contributed by atoms with Gasteiger partial charge < -0.3 is 20.1 Å². The van der Waals surface area contributed by atoms with E-state index >= 15 is 0 Å². The summed E-state index contributed by atoms with van der Waals surface area (Å²) in [5, 5.41) is 22.0. The number of nitrogens with one attached hydrogen (secondary N) is 1. The van der Waals surface area contributed by atoms with Gasteiger partial charge in [0.25, 0.3) is 0 Å². The number of methoxy groups -OCH3 is 1. The number of hydrogen-bond acceptors (Lipinski definition) is 5. The van der Waals surface area contributed by atoms with Gasteiger partial charge in [0.2, 0.25) is 0 Å². The number of aliphatic hydroxyl groups excluding tert-OH is 1. The number of aliphatic hydroxyl groups is 1. The Kier molecular flexibility index (Phi) is 6.00. The Morgan fingerprint density at radius 2 is 2.24 bits per heavy atom. The Labute approximate surface area is 126 Å². The molecule has 1 aliphatic rings. The second-order valence-corrected chi connectivity index (χ2v) is 5.32. The highest BCUT2D eigenvalue weighted by Gasteiger charge is 2.20. The molecule has 5 nitrogen and oxygen atoms in total. The van der Waals surface area contributed by atoms with Gasteiger partial charge in [-0.3, -0.25) is 0 Å². The first-order chi connectivity index (χ1) is 10.3. The van der Waals surface area contributed by atoms with Crippen molar-refractivity contribution >= 4 is 5.69 Å².